The minimum Gasteiger partial charge on any atom is -0.491 e. The Labute approximate surface area is 136 Å². The zero-order valence-corrected chi connectivity index (χ0v) is 12.8. The van der Waals surface area contributed by atoms with Gasteiger partial charge in [0.05, 0.1) is 6.61 Å². The van der Waals surface area contributed by atoms with Crippen LogP contribution in [0.15, 0.2) is 57.7 Å². The molecule has 3 rings (SSSR count). The van der Waals surface area contributed by atoms with Gasteiger partial charge < -0.3 is 14.5 Å². The third-order valence-electron chi connectivity index (χ3n) is 3.38. The quantitative estimate of drug-likeness (QED) is 0.744. The summed E-state index contributed by atoms with van der Waals surface area (Å²) >= 11 is 0. The van der Waals surface area contributed by atoms with E-state index in [4.69, 9.17) is 9.15 Å². The molecule has 0 fully saturated rings. The van der Waals surface area contributed by atoms with Gasteiger partial charge in [0.25, 0.3) is 5.91 Å². The molecule has 0 bridgehead atoms. The lowest BCUT2D eigenvalue weighted by Crippen LogP contribution is -2.20. The van der Waals surface area contributed by atoms with E-state index in [9.17, 15) is 14.0 Å². The van der Waals surface area contributed by atoms with Crippen LogP contribution in [0.2, 0.25) is 0 Å². The number of hydrogen-bond donors (Lipinski definition) is 1. The number of para-hydroxylation sites is 1. The number of amides is 1. The zero-order chi connectivity index (χ0) is 17.1. The molecule has 0 aliphatic carbocycles. The van der Waals surface area contributed by atoms with E-state index in [0.717, 1.165) is 6.07 Å². The first-order chi connectivity index (χ1) is 11.6. The van der Waals surface area contributed by atoms with Gasteiger partial charge in [0.1, 0.15) is 11.1 Å². The summed E-state index contributed by atoms with van der Waals surface area (Å²) in [7, 11) is 0. The van der Waals surface area contributed by atoms with E-state index < -0.39 is 17.3 Å². The highest BCUT2D eigenvalue weighted by atomic mass is 19.1. The topological polar surface area (TPSA) is 68.5 Å². The Bertz CT molecular complexity index is 965. The van der Waals surface area contributed by atoms with E-state index in [-0.39, 0.29) is 17.0 Å². The molecule has 2 aromatic carbocycles. The molecule has 1 aromatic heterocycles. The second-order valence-electron chi connectivity index (χ2n) is 5.02. The maximum atomic E-state index is 13.8. The predicted octanol–water partition coefficient (Wildman–Crippen LogP) is 3.58. The molecule has 6 heteroatoms. The van der Waals surface area contributed by atoms with Gasteiger partial charge in [-0.25, -0.2) is 9.18 Å². The normalized spacial score (nSPS) is 10.6. The van der Waals surface area contributed by atoms with Gasteiger partial charge in [0.2, 0.25) is 0 Å². The van der Waals surface area contributed by atoms with Gasteiger partial charge in [-0.15, -0.1) is 0 Å². The van der Waals surface area contributed by atoms with E-state index >= 15 is 0 Å². The second-order valence-corrected chi connectivity index (χ2v) is 5.02. The molecule has 122 valence electrons. The van der Waals surface area contributed by atoms with Gasteiger partial charge in [-0.1, -0.05) is 18.2 Å². The number of carbonyl (C=O) groups is 1. The Morgan fingerprint density at radius 1 is 1.21 bits per heavy atom. The Hall–Kier alpha value is -3.15. The van der Waals surface area contributed by atoms with E-state index in [1.807, 2.05) is 0 Å². The summed E-state index contributed by atoms with van der Waals surface area (Å²) in [5.74, 6) is -1.17. The minimum atomic E-state index is -0.752. The lowest BCUT2D eigenvalue weighted by molar-refractivity contribution is 0.102. The van der Waals surface area contributed by atoms with Crippen LogP contribution in [0.3, 0.4) is 0 Å². The molecule has 1 heterocycles. The van der Waals surface area contributed by atoms with Crippen molar-refractivity contribution >= 4 is 22.6 Å². The largest absolute Gasteiger partial charge is 0.491 e. The van der Waals surface area contributed by atoms with Crippen molar-refractivity contribution in [2.45, 2.75) is 6.92 Å². The van der Waals surface area contributed by atoms with Crippen LogP contribution in [0.5, 0.6) is 5.75 Å². The molecule has 24 heavy (non-hydrogen) atoms. The third-order valence-corrected chi connectivity index (χ3v) is 3.38. The first-order valence-electron chi connectivity index (χ1n) is 7.35. The molecule has 0 aliphatic heterocycles. The van der Waals surface area contributed by atoms with Gasteiger partial charge in [0.15, 0.2) is 11.6 Å². The lowest BCUT2D eigenvalue weighted by atomic mass is 10.1. The maximum absolute atomic E-state index is 13.8. The summed E-state index contributed by atoms with van der Waals surface area (Å²) in [4.78, 5) is 24.2. The number of ether oxygens (including phenoxy) is 1. The van der Waals surface area contributed by atoms with Crippen LogP contribution in [0.25, 0.3) is 11.0 Å². The molecule has 0 saturated carbocycles. The summed E-state index contributed by atoms with van der Waals surface area (Å²) < 4.78 is 24.0. The summed E-state index contributed by atoms with van der Waals surface area (Å²) in [5.41, 5.74) is -0.291. The Morgan fingerprint density at radius 2 is 2.00 bits per heavy atom. The Kier molecular flexibility index (Phi) is 4.29. The molecule has 0 spiro atoms. The van der Waals surface area contributed by atoms with Crippen molar-refractivity contribution in [2.75, 3.05) is 11.9 Å². The highest BCUT2D eigenvalue weighted by Crippen LogP contribution is 2.21. The van der Waals surface area contributed by atoms with Crippen LogP contribution < -0.4 is 15.7 Å². The van der Waals surface area contributed by atoms with E-state index in [1.165, 1.54) is 18.2 Å². The first-order valence-corrected chi connectivity index (χ1v) is 7.35. The number of anilines is 1. The van der Waals surface area contributed by atoms with Crippen LogP contribution in [0, 0.1) is 5.82 Å². The van der Waals surface area contributed by atoms with Crippen molar-refractivity contribution < 1.29 is 18.3 Å². The average Bonchev–Trinajstić information content (AvgIpc) is 2.56. The standard InChI is InChI=1S/C18H14FNO4/c1-2-23-16-8-7-12(10-14(16)19)20-17(21)13-9-11-5-3-4-6-15(11)24-18(13)22/h3-10H,2H2,1H3,(H,20,21). The summed E-state index contributed by atoms with van der Waals surface area (Å²) in [6.07, 6.45) is 0. The molecule has 1 amide bonds. The SMILES string of the molecule is CCOc1ccc(NC(=O)c2cc3ccccc3oc2=O)cc1F. The number of carbonyl (C=O) groups excluding carboxylic acids is 1. The average molecular weight is 327 g/mol. The van der Waals surface area contributed by atoms with E-state index in [2.05, 4.69) is 5.32 Å². The first kappa shape index (κ1) is 15.7. The summed E-state index contributed by atoms with van der Waals surface area (Å²) in [6.45, 7) is 2.08. The van der Waals surface area contributed by atoms with Gasteiger partial charge in [-0.2, -0.15) is 0 Å². The van der Waals surface area contributed by atoms with Gasteiger partial charge in [-0.3, -0.25) is 4.79 Å². The number of rotatable bonds is 4. The third kappa shape index (κ3) is 3.12. The highest BCUT2D eigenvalue weighted by Gasteiger charge is 2.15. The molecule has 0 unspecified atom stereocenters. The fourth-order valence-electron chi connectivity index (χ4n) is 2.27. The molecule has 0 saturated heterocycles. The van der Waals surface area contributed by atoms with Gasteiger partial charge in [-0.05, 0) is 31.2 Å². The van der Waals surface area contributed by atoms with Crippen molar-refractivity contribution in [3.8, 4) is 5.75 Å². The lowest BCUT2D eigenvalue weighted by Gasteiger charge is -2.08. The van der Waals surface area contributed by atoms with Crippen molar-refractivity contribution in [3.63, 3.8) is 0 Å². The van der Waals surface area contributed by atoms with Crippen LogP contribution in [0.4, 0.5) is 10.1 Å². The van der Waals surface area contributed by atoms with Crippen molar-refractivity contribution in [2.24, 2.45) is 0 Å². The van der Waals surface area contributed by atoms with Crippen LogP contribution in [-0.2, 0) is 0 Å². The molecular weight excluding hydrogens is 313 g/mol. The van der Waals surface area contributed by atoms with Crippen molar-refractivity contribution in [1.29, 1.82) is 0 Å². The molecular formula is C18H14FNO4. The molecule has 5 nitrogen and oxygen atoms in total. The van der Waals surface area contributed by atoms with Crippen LogP contribution >= 0.6 is 0 Å². The Morgan fingerprint density at radius 3 is 2.75 bits per heavy atom. The molecule has 0 atom stereocenters. The second kappa shape index (κ2) is 6.54. The summed E-state index contributed by atoms with van der Waals surface area (Å²) in [5, 5.41) is 3.10. The Balaban J connectivity index is 1.88. The minimum absolute atomic E-state index is 0.0979. The van der Waals surface area contributed by atoms with Crippen molar-refractivity contribution in [1.82, 2.24) is 0 Å². The van der Waals surface area contributed by atoms with Crippen LogP contribution in [0.1, 0.15) is 17.3 Å². The van der Waals surface area contributed by atoms with E-state index in [1.54, 1.807) is 31.2 Å². The molecule has 1 N–H and O–H groups in total. The fraction of sp³-hybridized carbons (Fsp3) is 0.111. The fourth-order valence-corrected chi connectivity index (χ4v) is 2.27. The monoisotopic (exact) mass is 327 g/mol. The number of fused-ring (bicyclic) bond motifs is 1. The molecule has 3 aromatic rings. The number of benzene rings is 2. The van der Waals surface area contributed by atoms with Gasteiger partial charge >= 0.3 is 5.63 Å². The molecule has 0 radical (unpaired) electrons. The number of halogens is 1. The predicted molar refractivity (Wildman–Crippen MR) is 88.0 cm³/mol. The summed E-state index contributed by atoms with van der Waals surface area (Å²) in [6, 6.07) is 12.4. The number of nitrogens with one attached hydrogen (secondary N) is 1. The smallest absolute Gasteiger partial charge is 0.349 e. The van der Waals surface area contributed by atoms with Crippen molar-refractivity contribution in [3.05, 3.63) is 70.3 Å². The van der Waals surface area contributed by atoms with Crippen LogP contribution in [-0.4, -0.2) is 12.5 Å². The maximum Gasteiger partial charge on any atom is 0.349 e. The zero-order valence-electron chi connectivity index (χ0n) is 12.8. The number of hydrogen-bond acceptors (Lipinski definition) is 4. The van der Waals surface area contributed by atoms with E-state index in [0.29, 0.717) is 17.6 Å². The van der Waals surface area contributed by atoms with Gasteiger partial charge in [0, 0.05) is 17.1 Å². The molecule has 0 aliphatic rings. The highest BCUT2D eigenvalue weighted by molar-refractivity contribution is 6.05.